The molecule has 1 rings (SSSR count). The van der Waals surface area contributed by atoms with Crippen molar-refractivity contribution in [3.8, 4) is 0 Å². The molecule has 1 aromatic rings. The molecular formula is C14H16O4. The summed E-state index contributed by atoms with van der Waals surface area (Å²) in [6.45, 7) is 3.58. The van der Waals surface area contributed by atoms with E-state index < -0.39 is 11.9 Å². The van der Waals surface area contributed by atoms with E-state index in [2.05, 4.69) is 0 Å². The van der Waals surface area contributed by atoms with Gasteiger partial charge in [-0.25, -0.2) is 9.59 Å². The van der Waals surface area contributed by atoms with Gasteiger partial charge in [0.05, 0.1) is 6.10 Å². The Balaban J connectivity index is 2.93. The highest BCUT2D eigenvalue weighted by atomic mass is 16.5. The van der Waals surface area contributed by atoms with Gasteiger partial charge in [0.1, 0.15) is 5.57 Å². The fraction of sp³-hybridized carbons (Fsp3) is 0.286. The van der Waals surface area contributed by atoms with Crippen LogP contribution in [0.2, 0.25) is 0 Å². The summed E-state index contributed by atoms with van der Waals surface area (Å²) in [7, 11) is 0. The van der Waals surface area contributed by atoms with E-state index in [0.29, 0.717) is 12.0 Å². The van der Waals surface area contributed by atoms with Gasteiger partial charge in [-0.3, -0.25) is 0 Å². The van der Waals surface area contributed by atoms with Gasteiger partial charge in [-0.1, -0.05) is 37.3 Å². The Bertz CT molecular complexity index is 448. The summed E-state index contributed by atoms with van der Waals surface area (Å²) >= 11 is 0. The van der Waals surface area contributed by atoms with Gasteiger partial charge in [-0.15, -0.1) is 0 Å². The number of carbonyl (C=O) groups excluding carboxylic acids is 1. The maximum atomic E-state index is 11.7. The minimum Gasteiger partial charge on any atom is -0.477 e. The van der Waals surface area contributed by atoms with Crippen molar-refractivity contribution < 1.29 is 19.4 Å². The molecule has 0 aliphatic carbocycles. The van der Waals surface area contributed by atoms with Crippen LogP contribution in [0.25, 0.3) is 6.08 Å². The topological polar surface area (TPSA) is 63.6 Å². The van der Waals surface area contributed by atoms with Crippen molar-refractivity contribution in [1.29, 1.82) is 0 Å². The number of carbonyl (C=O) groups is 2. The monoisotopic (exact) mass is 248 g/mol. The minimum absolute atomic E-state index is 0.295. The van der Waals surface area contributed by atoms with Gasteiger partial charge in [-0.2, -0.15) is 0 Å². The lowest BCUT2D eigenvalue weighted by molar-refractivity contribution is -0.147. The molecule has 1 unspecified atom stereocenters. The average molecular weight is 248 g/mol. The summed E-state index contributed by atoms with van der Waals surface area (Å²) in [5, 5.41) is 9.02. The second kappa shape index (κ2) is 6.59. The Hall–Kier alpha value is -2.10. The van der Waals surface area contributed by atoms with Gasteiger partial charge >= 0.3 is 11.9 Å². The summed E-state index contributed by atoms with van der Waals surface area (Å²) in [6.07, 6.45) is 1.66. The van der Waals surface area contributed by atoms with E-state index in [1.807, 2.05) is 13.0 Å². The van der Waals surface area contributed by atoms with Crippen LogP contribution in [0.3, 0.4) is 0 Å². The molecular weight excluding hydrogens is 232 g/mol. The molecule has 0 amide bonds. The molecule has 0 heterocycles. The smallest absolute Gasteiger partial charge is 0.345 e. The third kappa shape index (κ3) is 4.05. The molecule has 0 bridgehead atoms. The average Bonchev–Trinajstić information content (AvgIpc) is 2.36. The molecule has 1 N–H and O–H groups in total. The normalized spacial score (nSPS) is 12.9. The van der Waals surface area contributed by atoms with E-state index in [9.17, 15) is 9.59 Å². The Morgan fingerprint density at radius 3 is 2.44 bits per heavy atom. The number of hydrogen-bond donors (Lipinski definition) is 1. The molecule has 0 aliphatic heterocycles. The molecule has 4 heteroatoms. The Kier molecular flexibility index (Phi) is 5.11. The summed E-state index contributed by atoms with van der Waals surface area (Å²) in [6, 6.07) is 8.80. The maximum Gasteiger partial charge on any atom is 0.345 e. The lowest BCUT2D eigenvalue weighted by atomic mass is 10.1. The lowest BCUT2D eigenvalue weighted by Gasteiger charge is -2.10. The quantitative estimate of drug-likeness (QED) is 0.376. The summed E-state index contributed by atoms with van der Waals surface area (Å²) in [5.74, 6) is -2.09. The zero-order valence-corrected chi connectivity index (χ0v) is 10.4. The zero-order valence-electron chi connectivity index (χ0n) is 10.4. The van der Waals surface area contributed by atoms with E-state index in [0.717, 1.165) is 0 Å². The van der Waals surface area contributed by atoms with Crippen LogP contribution in [0.15, 0.2) is 35.9 Å². The second-order valence-electron chi connectivity index (χ2n) is 3.90. The zero-order chi connectivity index (χ0) is 13.5. The number of ether oxygens (including phenoxy) is 1. The van der Waals surface area contributed by atoms with E-state index in [1.165, 1.54) is 6.08 Å². The molecule has 1 aromatic carbocycles. The molecule has 0 fully saturated rings. The van der Waals surface area contributed by atoms with Crippen LogP contribution in [-0.2, 0) is 14.3 Å². The molecule has 96 valence electrons. The molecule has 0 saturated heterocycles. The first-order valence-electron chi connectivity index (χ1n) is 5.75. The largest absolute Gasteiger partial charge is 0.477 e. The molecule has 0 spiro atoms. The van der Waals surface area contributed by atoms with Crippen LogP contribution >= 0.6 is 0 Å². The molecule has 18 heavy (non-hydrogen) atoms. The number of hydrogen-bond acceptors (Lipinski definition) is 3. The second-order valence-corrected chi connectivity index (χ2v) is 3.90. The number of carboxylic acids is 1. The van der Waals surface area contributed by atoms with Crippen LogP contribution in [0.1, 0.15) is 25.8 Å². The number of benzene rings is 1. The lowest BCUT2D eigenvalue weighted by Crippen LogP contribution is -2.20. The van der Waals surface area contributed by atoms with Crippen LogP contribution in [0.4, 0.5) is 0 Å². The Morgan fingerprint density at radius 2 is 1.94 bits per heavy atom. The summed E-state index contributed by atoms with van der Waals surface area (Å²) in [5.41, 5.74) is 0.289. The standard InChI is InChI=1S/C14H16O4/c1-3-10(2)18-14(17)12(13(15)16)9-11-7-5-4-6-8-11/h4-10H,3H2,1-2H3,(H,15,16). The van der Waals surface area contributed by atoms with Crippen molar-refractivity contribution in [2.24, 2.45) is 0 Å². The van der Waals surface area contributed by atoms with Crippen molar-refractivity contribution in [2.45, 2.75) is 26.4 Å². The van der Waals surface area contributed by atoms with Crippen molar-refractivity contribution in [3.05, 3.63) is 41.5 Å². The molecule has 1 atom stereocenters. The van der Waals surface area contributed by atoms with Crippen LogP contribution in [-0.4, -0.2) is 23.1 Å². The first-order valence-corrected chi connectivity index (χ1v) is 5.75. The maximum absolute atomic E-state index is 11.7. The van der Waals surface area contributed by atoms with Crippen molar-refractivity contribution >= 4 is 18.0 Å². The Labute approximate surface area is 106 Å². The van der Waals surface area contributed by atoms with E-state index in [4.69, 9.17) is 9.84 Å². The van der Waals surface area contributed by atoms with E-state index in [-0.39, 0.29) is 11.7 Å². The fourth-order valence-electron chi connectivity index (χ4n) is 1.25. The molecule has 0 aromatic heterocycles. The van der Waals surface area contributed by atoms with E-state index in [1.54, 1.807) is 31.2 Å². The summed E-state index contributed by atoms with van der Waals surface area (Å²) < 4.78 is 5.01. The van der Waals surface area contributed by atoms with Crippen LogP contribution < -0.4 is 0 Å². The van der Waals surface area contributed by atoms with Gasteiger partial charge in [0.25, 0.3) is 0 Å². The molecule has 0 aliphatic rings. The van der Waals surface area contributed by atoms with Crippen molar-refractivity contribution in [1.82, 2.24) is 0 Å². The van der Waals surface area contributed by atoms with Gasteiger partial charge < -0.3 is 9.84 Å². The minimum atomic E-state index is -1.29. The van der Waals surface area contributed by atoms with Gasteiger partial charge in [0, 0.05) is 0 Å². The summed E-state index contributed by atoms with van der Waals surface area (Å²) in [4.78, 5) is 22.7. The van der Waals surface area contributed by atoms with Gasteiger partial charge in [0.2, 0.25) is 0 Å². The SMILES string of the molecule is CCC(C)OC(=O)C(=Cc1ccccc1)C(=O)O. The van der Waals surface area contributed by atoms with Crippen molar-refractivity contribution in [3.63, 3.8) is 0 Å². The van der Waals surface area contributed by atoms with Crippen LogP contribution in [0.5, 0.6) is 0 Å². The van der Waals surface area contributed by atoms with Crippen LogP contribution in [0, 0.1) is 0 Å². The molecule has 0 radical (unpaired) electrons. The highest BCUT2D eigenvalue weighted by Crippen LogP contribution is 2.10. The third-order valence-corrected chi connectivity index (χ3v) is 2.44. The van der Waals surface area contributed by atoms with Crippen molar-refractivity contribution in [2.75, 3.05) is 0 Å². The number of rotatable bonds is 5. The highest BCUT2D eigenvalue weighted by molar-refractivity contribution is 6.17. The van der Waals surface area contributed by atoms with E-state index >= 15 is 0 Å². The number of esters is 1. The van der Waals surface area contributed by atoms with Gasteiger partial charge in [0.15, 0.2) is 0 Å². The van der Waals surface area contributed by atoms with Gasteiger partial charge in [-0.05, 0) is 25.0 Å². The predicted molar refractivity (Wildman–Crippen MR) is 67.9 cm³/mol. The first-order chi connectivity index (χ1) is 8.54. The predicted octanol–water partition coefficient (Wildman–Crippen LogP) is 2.50. The Morgan fingerprint density at radius 1 is 1.33 bits per heavy atom. The fourth-order valence-corrected chi connectivity index (χ4v) is 1.25. The molecule has 4 nitrogen and oxygen atoms in total. The number of carboxylic acid groups (broad SMARTS) is 1. The number of aliphatic carboxylic acids is 1. The first kappa shape index (κ1) is 14.0. The highest BCUT2D eigenvalue weighted by Gasteiger charge is 2.20. The molecule has 0 saturated carbocycles. The third-order valence-electron chi connectivity index (χ3n) is 2.44.